The molecule has 0 aromatic heterocycles. The Hall–Kier alpha value is -1.16. The van der Waals surface area contributed by atoms with Crippen molar-refractivity contribution in [2.75, 3.05) is 53.0 Å². The zero-order valence-corrected chi connectivity index (χ0v) is 11.9. The molecule has 1 aliphatic rings. The molecule has 6 heteroatoms. The highest BCUT2D eigenvalue weighted by Crippen LogP contribution is 2.06. The Bertz CT molecular complexity index is 308. The molecule has 0 aromatic rings. The van der Waals surface area contributed by atoms with Gasteiger partial charge in [-0.05, 0) is 13.3 Å². The summed E-state index contributed by atoms with van der Waals surface area (Å²) >= 11 is 0. The van der Waals surface area contributed by atoms with Crippen LogP contribution in [0.15, 0.2) is 0 Å². The van der Waals surface area contributed by atoms with Gasteiger partial charge in [0.25, 0.3) is 0 Å². The standard InChI is InChI=1S/C13H24N4O2/c1-12(13(18)15-5-3-11-19-2)17-9-7-16(6-4-14)8-10-17/h12H,3,5-11H2,1-2H3,(H,15,18). The van der Waals surface area contributed by atoms with Crippen molar-refractivity contribution in [3.63, 3.8) is 0 Å². The van der Waals surface area contributed by atoms with Crippen molar-refractivity contribution in [3.05, 3.63) is 0 Å². The molecule has 0 bridgehead atoms. The predicted molar refractivity (Wildman–Crippen MR) is 72.6 cm³/mol. The Kier molecular flexibility index (Phi) is 7.41. The van der Waals surface area contributed by atoms with E-state index in [-0.39, 0.29) is 11.9 Å². The van der Waals surface area contributed by atoms with Crippen LogP contribution in [0.4, 0.5) is 0 Å². The van der Waals surface area contributed by atoms with Crippen LogP contribution in [0.25, 0.3) is 0 Å². The highest BCUT2D eigenvalue weighted by atomic mass is 16.5. The number of nitrogens with one attached hydrogen (secondary N) is 1. The number of amides is 1. The molecule has 0 aromatic carbocycles. The molecule has 0 saturated carbocycles. The number of nitrogens with zero attached hydrogens (tertiary/aromatic N) is 3. The third kappa shape index (κ3) is 5.55. The summed E-state index contributed by atoms with van der Waals surface area (Å²) in [5.41, 5.74) is 0. The average Bonchev–Trinajstić information content (AvgIpc) is 2.44. The fourth-order valence-electron chi connectivity index (χ4n) is 2.15. The molecule has 0 spiro atoms. The fourth-order valence-corrected chi connectivity index (χ4v) is 2.15. The molecule has 1 N–H and O–H groups in total. The summed E-state index contributed by atoms with van der Waals surface area (Å²) in [7, 11) is 1.66. The Morgan fingerprint density at radius 3 is 2.68 bits per heavy atom. The van der Waals surface area contributed by atoms with Gasteiger partial charge in [0.05, 0.1) is 18.7 Å². The van der Waals surface area contributed by atoms with Crippen molar-refractivity contribution in [1.82, 2.24) is 15.1 Å². The lowest BCUT2D eigenvalue weighted by Crippen LogP contribution is -2.53. The molecule has 1 unspecified atom stereocenters. The Balaban J connectivity index is 2.24. The topological polar surface area (TPSA) is 68.6 Å². The lowest BCUT2D eigenvalue weighted by molar-refractivity contribution is -0.126. The number of carbonyl (C=O) groups is 1. The zero-order valence-electron chi connectivity index (χ0n) is 11.9. The van der Waals surface area contributed by atoms with Gasteiger partial charge in [-0.2, -0.15) is 5.26 Å². The number of rotatable bonds is 7. The lowest BCUT2D eigenvalue weighted by Gasteiger charge is -2.36. The first-order valence-electron chi connectivity index (χ1n) is 6.79. The molecule has 1 heterocycles. The quantitative estimate of drug-likeness (QED) is 0.506. The van der Waals surface area contributed by atoms with Crippen molar-refractivity contribution in [2.24, 2.45) is 0 Å². The monoisotopic (exact) mass is 268 g/mol. The molecule has 0 radical (unpaired) electrons. The molecule has 19 heavy (non-hydrogen) atoms. The third-order valence-electron chi connectivity index (χ3n) is 3.45. The summed E-state index contributed by atoms with van der Waals surface area (Å²) in [6, 6.07) is 2.06. The van der Waals surface area contributed by atoms with Crippen LogP contribution in [0.3, 0.4) is 0 Å². The largest absolute Gasteiger partial charge is 0.385 e. The SMILES string of the molecule is COCCCNC(=O)C(C)N1CCN(CC#N)CC1. The molecular weight excluding hydrogens is 244 g/mol. The Morgan fingerprint density at radius 1 is 1.42 bits per heavy atom. The van der Waals surface area contributed by atoms with Gasteiger partial charge in [-0.25, -0.2) is 0 Å². The van der Waals surface area contributed by atoms with E-state index in [2.05, 4.69) is 21.2 Å². The molecule has 1 rings (SSSR count). The number of nitriles is 1. The molecule has 1 atom stereocenters. The van der Waals surface area contributed by atoms with E-state index in [9.17, 15) is 4.79 Å². The molecule has 108 valence electrons. The van der Waals surface area contributed by atoms with E-state index in [1.165, 1.54) is 0 Å². The first kappa shape index (κ1) is 15.9. The normalized spacial score (nSPS) is 18.8. The van der Waals surface area contributed by atoms with Crippen LogP contribution in [0.5, 0.6) is 0 Å². The van der Waals surface area contributed by atoms with Crippen LogP contribution in [0.2, 0.25) is 0 Å². The zero-order chi connectivity index (χ0) is 14.1. The van der Waals surface area contributed by atoms with Gasteiger partial charge in [0.15, 0.2) is 0 Å². The number of hydrogen-bond acceptors (Lipinski definition) is 5. The highest BCUT2D eigenvalue weighted by molar-refractivity contribution is 5.81. The molecule has 0 aliphatic carbocycles. The van der Waals surface area contributed by atoms with Crippen LogP contribution in [0.1, 0.15) is 13.3 Å². The lowest BCUT2D eigenvalue weighted by atomic mass is 10.2. The second-order valence-corrected chi connectivity index (χ2v) is 4.78. The van der Waals surface area contributed by atoms with Crippen LogP contribution in [0, 0.1) is 11.3 Å². The van der Waals surface area contributed by atoms with Gasteiger partial charge in [-0.1, -0.05) is 0 Å². The number of carbonyl (C=O) groups excluding carboxylic acids is 1. The van der Waals surface area contributed by atoms with Crippen molar-refractivity contribution in [3.8, 4) is 6.07 Å². The van der Waals surface area contributed by atoms with Gasteiger partial charge in [0.1, 0.15) is 0 Å². The molecule has 1 fully saturated rings. The smallest absolute Gasteiger partial charge is 0.237 e. The van der Waals surface area contributed by atoms with Crippen molar-refractivity contribution in [2.45, 2.75) is 19.4 Å². The maximum absolute atomic E-state index is 12.0. The summed E-state index contributed by atoms with van der Waals surface area (Å²) in [6.45, 7) is 7.14. The second-order valence-electron chi connectivity index (χ2n) is 4.78. The van der Waals surface area contributed by atoms with E-state index in [0.29, 0.717) is 19.7 Å². The Labute approximate surface area is 115 Å². The summed E-state index contributed by atoms with van der Waals surface area (Å²) in [5, 5.41) is 11.6. The van der Waals surface area contributed by atoms with Gasteiger partial charge in [-0.3, -0.25) is 14.6 Å². The van der Waals surface area contributed by atoms with Crippen LogP contribution in [-0.2, 0) is 9.53 Å². The highest BCUT2D eigenvalue weighted by Gasteiger charge is 2.24. The molecule has 6 nitrogen and oxygen atoms in total. The summed E-state index contributed by atoms with van der Waals surface area (Å²) in [5.74, 6) is 0.0739. The first-order valence-corrected chi connectivity index (χ1v) is 6.79. The average molecular weight is 268 g/mol. The number of methoxy groups -OCH3 is 1. The minimum absolute atomic E-state index is 0.0739. The van der Waals surface area contributed by atoms with Gasteiger partial charge < -0.3 is 10.1 Å². The molecular formula is C13H24N4O2. The predicted octanol–water partition coefficient (Wildman–Crippen LogP) is -0.331. The summed E-state index contributed by atoms with van der Waals surface area (Å²) < 4.78 is 4.94. The van der Waals surface area contributed by atoms with E-state index >= 15 is 0 Å². The maximum atomic E-state index is 12.0. The van der Waals surface area contributed by atoms with E-state index < -0.39 is 0 Å². The molecule has 1 saturated heterocycles. The molecule has 1 aliphatic heterocycles. The number of piperazine rings is 1. The second kappa shape index (κ2) is 8.86. The minimum atomic E-state index is -0.105. The van der Waals surface area contributed by atoms with Crippen LogP contribution < -0.4 is 5.32 Å². The Morgan fingerprint density at radius 2 is 2.11 bits per heavy atom. The van der Waals surface area contributed by atoms with E-state index in [1.54, 1.807) is 7.11 Å². The van der Waals surface area contributed by atoms with E-state index in [0.717, 1.165) is 32.6 Å². The van der Waals surface area contributed by atoms with Crippen molar-refractivity contribution in [1.29, 1.82) is 5.26 Å². The van der Waals surface area contributed by atoms with Crippen LogP contribution >= 0.6 is 0 Å². The van der Waals surface area contributed by atoms with Crippen LogP contribution in [-0.4, -0.2) is 74.7 Å². The maximum Gasteiger partial charge on any atom is 0.237 e. The summed E-state index contributed by atoms with van der Waals surface area (Å²) in [6.07, 6.45) is 0.838. The van der Waals surface area contributed by atoms with Gasteiger partial charge in [0, 0.05) is 46.4 Å². The third-order valence-corrected chi connectivity index (χ3v) is 3.45. The van der Waals surface area contributed by atoms with E-state index in [1.807, 2.05) is 6.92 Å². The van der Waals surface area contributed by atoms with E-state index in [4.69, 9.17) is 10.00 Å². The fraction of sp³-hybridized carbons (Fsp3) is 0.846. The summed E-state index contributed by atoms with van der Waals surface area (Å²) in [4.78, 5) is 16.2. The first-order chi connectivity index (χ1) is 9.19. The minimum Gasteiger partial charge on any atom is -0.385 e. The van der Waals surface area contributed by atoms with Gasteiger partial charge in [0.2, 0.25) is 5.91 Å². The van der Waals surface area contributed by atoms with Gasteiger partial charge >= 0.3 is 0 Å². The number of hydrogen-bond donors (Lipinski definition) is 1. The van der Waals surface area contributed by atoms with Crippen molar-refractivity contribution >= 4 is 5.91 Å². The van der Waals surface area contributed by atoms with Gasteiger partial charge in [-0.15, -0.1) is 0 Å². The van der Waals surface area contributed by atoms with Crippen molar-refractivity contribution < 1.29 is 9.53 Å². The number of ether oxygens (including phenoxy) is 1. The molecule has 1 amide bonds.